The van der Waals surface area contributed by atoms with Crippen molar-refractivity contribution in [2.24, 2.45) is 0 Å². The summed E-state index contributed by atoms with van der Waals surface area (Å²) < 4.78 is 22.8. The Morgan fingerprint density at radius 2 is 1.65 bits per heavy atom. The summed E-state index contributed by atoms with van der Waals surface area (Å²) in [4.78, 5) is 16.2. The van der Waals surface area contributed by atoms with Crippen molar-refractivity contribution in [1.82, 2.24) is 4.90 Å². The SMILES string of the molecule is CCN(c1ccc(C(=O)N(C)[C@@H](C)CS(C)(=O)=O)cc1)C(C)C. The van der Waals surface area contributed by atoms with E-state index in [1.807, 2.05) is 12.1 Å². The third-order valence-electron chi connectivity index (χ3n) is 3.94. The number of sulfone groups is 1. The molecule has 1 aromatic rings. The van der Waals surface area contributed by atoms with Crippen molar-refractivity contribution >= 4 is 21.4 Å². The molecule has 0 heterocycles. The fraction of sp³-hybridized carbons (Fsp3) is 0.588. The molecule has 130 valence electrons. The van der Waals surface area contributed by atoms with Crippen LogP contribution >= 0.6 is 0 Å². The Morgan fingerprint density at radius 3 is 2.04 bits per heavy atom. The van der Waals surface area contributed by atoms with Gasteiger partial charge in [0, 0.05) is 43.2 Å². The summed E-state index contributed by atoms with van der Waals surface area (Å²) in [6.45, 7) is 8.99. The second-order valence-electron chi connectivity index (χ2n) is 6.28. The molecule has 0 spiro atoms. The molecule has 0 N–H and O–H groups in total. The number of carbonyl (C=O) groups excluding carboxylic acids is 1. The molecule has 0 saturated carbocycles. The number of nitrogens with zero attached hydrogens (tertiary/aromatic N) is 2. The molecule has 0 saturated heterocycles. The van der Waals surface area contributed by atoms with Crippen LogP contribution < -0.4 is 4.90 Å². The second kappa shape index (κ2) is 7.81. The van der Waals surface area contributed by atoms with Crippen molar-refractivity contribution in [2.75, 3.05) is 30.5 Å². The molecule has 0 aliphatic heterocycles. The van der Waals surface area contributed by atoms with Gasteiger partial charge in [0.2, 0.25) is 0 Å². The molecular formula is C17H28N2O3S. The molecule has 1 rings (SSSR count). The predicted molar refractivity (Wildman–Crippen MR) is 95.9 cm³/mol. The molecule has 6 heteroatoms. The van der Waals surface area contributed by atoms with E-state index in [2.05, 4.69) is 25.7 Å². The van der Waals surface area contributed by atoms with Gasteiger partial charge in [0.1, 0.15) is 9.84 Å². The van der Waals surface area contributed by atoms with Crippen LogP contribution in [0.15, 0.2) is 24.3 Å². The van der Waals surface area contributed by atoms with Crippen LogP contribution in [0.3, 0.4) is 0 Å². The summed E-state index contributed by atoms with van der Waals surface area (Å²) in [6.07, 6.45) is 1.18. The average molecular weight is 340 g/mol. The van der Waals surface area contributed by atoms with E-state index in [0.717, 1.165) is 12.2 Å². The van der Waals surface area contributed by atoms with Crippen LogP contribution in [0.5, 0.6) is 0 Å². The van der Waals surface area contributed by atoms with Gasteiger partial charge in [0.15, 0.2) is 0 Å². The Kier molecular flexibility index (Phi) is 6.62. The summed E-state index contributed by atoms with van der Waals surface area (Å²) in [5.74, 6) is -0.204. The lowest BCUT2D eigenvalue weighted by Gasteiger charge is -2.28. The highest BCUT2D eigenvalue weighted by Crippen LogP contribution is 2.18. The largest absolute Gasteiger partial charge is 0.369 e. The number of anilines is 1. The first-order valence-corrected chi connectivity index (χ1v) is 9.94. The van der Waals surface area contributed by atoms with E-state index in [-0.39, 0.29) is 17.7 Å². The highest BCUT2D eigenvalue weighted by Gasteiger charge is 2.21. The molecule has 0 bridgehead atoms. The molecule has 23 heavy (non-hydrogen) atoms. The zero-order valence-corrected chi connectivity index (χ0v) is 15.7. The van der Waals surface area contributed by atoms with Crippen LogP contribution in [0, 0.1) is 0 Å². The average Bonchev–Trinajstić information content (AvgIpc) is 2.45. The molecule has 0 radical (unpaired) electrons. The van der Waals surface area contributed by atoms with Crippen molar-refractivity contribution in [2.45, 2.75) is 39.8 Å². The minimum atomic E-state index is -3.12. The highest BCUT2D eigenvalue weighted by molar-refractivity contribution is 7.90. The zero-order valence-electron chi connectivity index (χ0n) is 14.9. The standard InChI is InChI=1S/C17H28N2O3S/c1-7-19(13(2)3)16-10-8-15(9-11-16)17(20)18(5)14(4)12-23(6,21)22/h8-11,13-14H,7,12H2,1-6H3/t14-/m0/s1. The van der Waals surface area contributed by atoms with Crippen molar-refractivity contribution in [3.05, 3.63) is 29.8 Å². The van der Waals surface area contributed by atoms with Gasteiger partial charge in [-0.1, -0.05) is 0 Å². The van der Waals surface area contributed by atoms with Crippen LogP contribution in [-0.2, 0) is 9.84 Å². The maximum atomic E-state index is 12.5. The van der Waals surface area contributed by atoms with Crippen molar-refractivity contribution in [3.63, 3.8) is 0 Å². The third kappa shape index (κ3) is 5.53. The molecule has 1 amide bonds. The van der Waals surface area contributed by atoms with Crippen LogP contribution in [0.1, 0.15) is 38.1 Å². The van der Waals surface area contributed by atoms with Gasteiger partial charge in [0.05, 0.1) is 5.75 Å². The molecule has 0 aliphatic rings. The van der Waals surface area contributed by atoms with Crippen molar-refractivity contribution in [1.29, 1.82) is 0 Å². The zero-order chi connectivity index (χ0) is 17.8. The summed E-state index contributed by atoms with van der Waals surface area (Å²) in [5, 5.41) is 0. The highest BCUT2D eigenvalue weighted by atomic mass is 32.2. The number of hydrogen-bond donors (Lipinski definition) is 0. The van der Waals surface area contributed by atoms with Gasteiger partial charge in [-0.05, 0) is 52.0 Å². The molecule has 0 fully saturated rings. The number of rotatable bonds is 7. The van der Waals surface area contributed by atoms with E-state index in [1.54, 1.807) is 26.1 Å². The molecule has 1 atom stereocenters. The van der Waals surface area contributed by atoms with E-state index < -0.39 is 9.84 Å². The normalized spacial score (nSPS) is 13.0. The van der Waals surface area contributed by atoms with Gasteiger partial charge < -0.3 is 9.80 Å². The number of amides is 1. The first-order valence-electron chi connectivity index (χ1n) is 7.88. The van der Waals surface area contributed by atoms with E-state index in [0.29, 0.717) is 11.6 Å². The van der Waals surface area contributed by atoms with Gasteiger partial charge >= 0.3 is 0 Å². The number of benzene rings is 1. The molecule has 0 aliphatic carbocycles. The Bertz CT molecular complexity index is 624. The van der Waals surface area contributed by atoms with Gasteiger partial charge in [-0.3, -0.25) is 4.79 Å². The summed E-state index contributed by atoms with van der Waals surface area (Å²) in [5.41, 5.74) is 1.64. The Labute approximate surface area is 140 Å². The van der Waals surface area contributed by atoms with Crippen LogP contribution in [0.2, 0.25) is 0 Å². The van der Waals surface area contributed by atoms with Crippen molar-refractivity contribution < 1.29 is 13.2 Å². The molecule has 5 nitrogen and oxygen atoms in total. The predicted octanol–water partition coefficient (Wildman–Crippen LogP) is 2.43. The minimum Gasteiger partial charge on any atom is -0.369 e. The van der Waals surface area contributed by atoms with Crippen molar-refractivity contribution in [3.8, 4) is 0 Å². The monoisotopic (exact) mass is 340 g/mol. The second-order valence-corrected chi connectivity index (χ2v) is 8.47. The van der Waals surface area contributed by atoms with Crippen LogP contribution in [-0.4, -0.2) is 56.9 Å². The molecular weight excluding hydrogens is 312 g/mol. The van der Waals surface area contributed by atoms with E-state index in [1.165, 1.54) is 11.2 Å². The molecule has 0 aromatic heterocycles. The van der Waals surface area contributed by atoms with Gasteiger partial charge in [-0.25, -0.2) is 8.42 Å². The Hall–Kier alpha value is -1.56. The van der Waals surface area contributed by atoms with E-state index >= 15 is 0 Å². The lowest BCUT2D eigenvalue weighted by Crippen LogP contribution is -2.39. The fourth-order valence-corrected chi connectivity index (χ4v) is 3.69. The van der Waals surface area contributed by atoms with Gasteiger partial charge in [-0.15, -0.1) is 0 Å². The van der Waals surface area contributed by atoms with Gasteiger partial charge in [0.25, 0.3) is 5.91 Å². The van der Waals surface area contributed by atoms with Crippen LogP contribution in [0.25, 0.3) is 0 Å². The molecule has 0 unspecified atom stereocenters. The number of carbonyl (C=O) groups is 1. The van der Waals surface area contributed by atoms with Gasteiger partial charge in [-0.2, -0.15) is 0 Å². The maximum absolute atomic E-state index is 12.5. The minimum absolute atomic E-state index is 0.0374. The summed E-state index contributed by atoms with van der Waals surface area (Å²) >= 11 is 0. The number of hydrogen-bond acceptors (Lipinski definition) is 4. The fourth-order valence-electron chi connectivity index (χ4n) is 2.60. The van der Waals surface area contributed by atoms with E-state index in [4.69, 9.17) is 0 Å². The van der Waals surface area contributed by atoms with E-state index in [9.17, 15) is 13.2 Å². The summed E-state index contributed by atoms with van der Waals surface area (Å²) in [6, 6.07) is 7.50. The quantitative estimate of drug-likeness (QED) is 0.765. The summed E-state index contributed by atoms with van der Waals surface area (Å²) in [7, 11) is -1.48. The maximum Gasteiger partial charge on any atom is 0.253 e. The topological polar surface area (TPSA) is 57.7 Å². The lowest BCUT2D eigenvalue weighted by atomic mass is 10.1. The third-order valence-corrected chi connectivity index (χ3v) is 5.02. The van der Waals surface area contributed by atoms with Crippen LogP contribution in [0.4, 0.5) is 5.69 Å². The first kappa shape index (κ1) is 19.5. The Balaban J connectivity index is 2.89. The Morgan fingerprint density at radius 1 is 1.13 bits per heavy atom. The first-order chi connectivity index (χ1) is 10.6. The lowest BCUT2D eigenvalue weighted by molar-refractivity contribution is 0.0757. The molecule has 1 aromatic carbocycles. The smallest absolute Gasteiger partial charge is 0.253 e.